The van der Waals surface area contributed by atoms with Gasteiger partial charge in [0, 0.05) is 28.4 Å². The first-order valence-electron chi connectivity index (χ1n) is 7.15. The first-order chi connectivity index (χ1) is 9.52. The highest BCUT2D eigenvalue weighted by Gasteiger charge is 2.30. The average Bonchev–Trinajstić information content (AvgIpc) is 2.39. The Hall–Kier alpha value is -0.870. The Morgan fingerprint density at radius 1 is 1.35 bits per heavy atom. The molecule has 0 saturated heterocycles. The van der Waals surface area contributed by atoms with E-state index in [4.69, 9.17) is 10.5 Å². The molecule has 0 heterocycles. The van der Waals surface area contributed by atoms with Gasteiger partial charge in [0.05, 0.1) is 7.11 Å². The number of benzene rings is 1. The molecule has 1 aromatic rings. The van der Waals surface area contributed by atoms with Crippen molar-refractivity contribution in [1.29, 1.82) is 0 Å². The van der Waals surface area contributed by atoms with E-state index in [1.54, 1.807) is 7.11 Å². The lowest BCUT2D eigenvalue weighted by Gasteiger charge is -2.32. The average molecular weight is 340 g/mol. The van der Waals surface area contributed by atoms with Crippen LogP contribution in [0.5, 0.6) is 5.75 Å². The van der Waals surface area contributed by atoms with Gasteiger partial charge < -0.3 is 10.5 Å². The zero-order chi connectivity index (χ0) is 14.6. The Morgan fingerprint density at radius 2 is 2.05 bits per heavy atom. The molecule has 2 N–H and O–H groups in total. The van der Waals surface area contributed by atoms with Crippen LogP contribution in [0.25, 0.3) is 0 Å². The number of halogens is 1. The van der Waals surface area contributed by atoms with E-state index in [0.717, 1.165) is 41.5 Å². The molecule has 110 valence electrons. The second-order valence-corrected chi connectivity index (χ2v) is 6.69. The highest BCUT2D eigenvalue weighted by Crippen LogP contribution is 2.30. The van der Waals surface area contributed by atoms with Gasteiger partial charge in [-0.1, -0.05) is 35.2 Å². The first-order valence-corrected chi connectivity index (χ1v) is 7.95. The second kappa shape index (κ2) is 6.72. The number of ketones is 1. The fourth-order valence-corrected chi connectivity index (χ4v) is 3.39. The second-order valence-electron chi connectivity index (χ2n) is 5.77. The van der Waals surface area contributed by atoms with Gasteiger partial charge in [-0.05, 0) is 31.0 Å². The number of carbonyl (C=O) groups excluding carboxylic acids is 1. The lowest BCUT2D eigenvalue weighted by atomic mass is 9.78. The third-order valence-corrected chi connectivity index (χ3v) is 4.52. The summed E-state index contributed by atoms with van der Waals surface area (Å²) in [5.74, 6) is 0.960. The van der Waals surface area contributed by atoms with Crippen molar-refractivity contribution < 1.29 is 9.53 Å². The minimum Gasteiger partial charge on any atom is -0.496 e. The van der Waals surface area contributed by atoms with Gasteiger partial charge in [0.1, 0.15) is 11.5 Å². The molecule has 1 fully saturated rings. The van der Waals surface area contributed by atoms with Crippen molar-refractivity contribution in [1.82, 2.24) is 0 Å². The summed E-state index contributed by atoms with van der Waals surface area (Å²) in [5.41, 5.74) is 6.99. The standard InChI is InChI=1S/C16H22BrNO2/c1-20-15-6-5-13(17)9-12(15)10-14(19)11-16(18)7-3-2-4-8-16/h5-6,9H,2-4,7-8,10-11,18H2,1H3. The highest BCUT2D eigenvalue weighted by atomic mass is 79.9. The molecule has 0 aromatic heterocycles. The number of methoxy groups -OCH3 is 1. The highest BCUT2D eigenvalue weighted by molar-refractivity contribution is 9.10. The fraction of sp³-hybridized carbons (Fsp3) is 0.562. The lowest BCUT2D eigenvalue weighted by Crippen LogP contribution is -2.43. The van der Waals surface area contributed by atoms with Crippen molar-refractivity contribution in [2.45, 2.75) is 50.5 Å². The molecule has 4 heteroatoms. The van der Waals surface area contributed by atoms with Crippen LogP contribution in [-0.2, 0) is 11.2 Å². The molecule has 2 rings (SSSR count). The third kappa shape index (κ3) is 4.06. The number of carbonyl (C=O) groups is 1. The predicted molar refractivity (Wildman–Crippen MR) is 84.0 cm³/mol. The van der Waals surface area contributed by atoms with Crippen LogP contribution in [0.1, 0.15) is 44.1 Å². The van der Waals surface area contributed by atoms with E-state index in [1.807, 2.05) is 18.2 Å². The molecule has 0 spiro atoms. The van der Waals surface area contributed by atoms with E-state index >= 15 is 0 Å². The summed E-state index contributed by atoms with van der Waals surface area (Å²) < 4.78 is 6.27. The Balaban J connectivity index is 2.02. The van der Waals surface area contributed by atoms with E-state index in [9.17, 15) is 4.79 Å². The van der Waals surface area contributed by atoms with E-state index < -0.39 is 0 Å². The van der Waals surface area contributed by atoms with Crippen molar-refractivity contribution in [3.63, 3.8) is 0 Å². The van der Waals surface area contributed by atoms with Crippen LogP contribution < -0.4 is 10.5 Å². The first kappa shape index (κ1) is 15.5. The number of ether oxygens (including phenoxy) is 1. The van der Waals surface area contributed by atoms with Gasteiger partial charge in [0.25, 0.3) is 0 Å². The fourth-order valence-electron chi connectivity index (χ4n) is 2.99. The molecule has 0 atom stereocenters. The Labute approximate surface area is 129 Å². The number of hydrogen-bond acceptors (Lipinski definition) is 3. The van der Waals surface area contributed by atoms with Crippen molar-refractivity contribution >= 4 is 21.7 Å². The summed E-state index contributed by atoms with van der Waals surface area (Å²) >= 11 is 3.43. The number of nitrogens with two attached hydrogens (primary N) is 1. The quantitative estimate of drug-likeness (QED) is 0.891. The van der Waals surface area contributed by atoms with Crippen molar-refractivity contribution in [3.8, 4) is 5.75 Å². The molecule has 0 bridgehead atoms. The van der Waals surface area contributed by atoms with E-state index in [1.165, 1.54) is 6.42 Å². The summed E-state index contributed by atoms with van der Waals surface area (Å²) in [6.07, 6.45) is 6.33. The molecule has 20 heavy (non-hydrogen) atoms. The summed E-state index contributed by atoms with van der Waals surface area (Å²) in [7, 11) is 1.63. The Bertz CT molecular complexity index is 481. The molecule has 1 aromatic carbocycles. The van der Waals surface area contributed by atoms with Crippen LogP contribution in [0, 0.1) is 0 Å². The zero-order valence-electron chi connectivity index (χ0n) is 12.0. The van der Waals surface area contributed by atoms with Gasteiger partial charge in [-0.3, -0.25) is 4.79 Å². The minimum atomic E-state index is -0.283. The monoisotopic (exact) mass is 339 g/mol. The summed E-state index contributed by atoms with van der Waals surface area (Å²) in [5, 5.41) is 0. The largest absolute Gasteiger partial charge is 0.496 e. The zero-order valence-corrected chi connectivity index (χ0v) is 13.5. The molecule has 1 aliphatic rings. The normalized spacial score (nSPS) is 17.8. The lowest BCUT2D eigenvalue weighted by molar-refractivity contribution is -0.119. The van der Waals surface area contributed by atoms with Crippen LogP contribution in [0.2, 0.25) is 0 Å². The molecule has 0 unspecified atom stereocenters. The molecule has 0 amide bonds. The Kier molecular flexibility index (Phi) is 5.22. The summed E-state index contributed by atoms with van der Waals surface area (Å²) in [6.45, 7) is 0. The molecule has 3 nitrogen and oxygen atoms in total. The van der Waals surface area contributed by atoms with Crippen LogP contribution in [0.15, 0.2) is 22.7 Å². The van der Waals surface area contributed by atoms with Gasteiger partial charge in [-0.2, -0.15) is 0 Å². The smallest absolute Gasteiger partial charge is 0.139 e. The maximum atomic E-state index is 12.3. The maximum absolute atomic E-state index is 12.3. The topological polar surface area (TPSA) is 52.3 Å². The molecule has 0 aliphatic heterocycles. The van der Waals surface area contributed by atoms with Gasteiger partial charge >= 0.3 is 0 Å². The number of Topliss-reactive ketones (excluding diaryl/α,β-unsaturated/α-hetero) is 1. The van der Waals surface area contributed by atoms with E-state index in [0.29, 0.717) is 12.8 Å². The summed E-state index contributed by atoms with van der Waals surface area (Å²) in [4.78, 5) is 12.3. The van der Waals surface area contributed by atoms with Crippen LogP contribution in [0.3, 0.4) is 0 Å². The third-order valence-electron chi connectivity index (χ3n) is 4.03. The summed E-state index contributed by atoms with van der Waals surface area (Å²) in [6, 6.07) is 5.74. The van der Waals surface area contributed by atoms with Crippen molar-refractivity contribution in [3.05, 3.63) is 28.2 Å². The minimum absolute atomic E-state index is 0.200. The van der Waals surface area contributed by atoms with Crippen LogP contribution in [-0.4, -0.2) is 18.4 Å². The Morgan fingerprint density at radius 3 is 2.70 bits per heavy atom. The molecular weight excluding hydrogens is 318 g/mol. The van der Waals surface area contributed by atoms with Gasteiger partial charge in [0.2, 0.25) is 0 Å². The van der Waals surface area contributed by atoms with Gasteiger partial charge in [0.15, 0.2) is 0 Å². The molecule has 0 radical (unpaired) electrons. The molecule has 1 aliphatic carbocycles. The number of rotatable bonds is 5. The van der Waals surface area contributed by atoms with Crippen LogP contribution >= 0.6 is 15.9 Å². The number of hydrogen-bond donors (Lipinski definition) is 1. The van der Waals surface area contributed by atoms with E-state index in [-0.39, 0.29) is 11.3 Å². The predicted octanol–water partition coefficient (Wildman–Crippen LogP) is 3.62. The van der Waals surface area contributed by atoms with Gasteiger partial charge in [-0.15, -0.1) is 0 Å². The van der Waals surface area contributed by atoms with Crippen molar-refractivity contribution in [2.24, 2.45) is 5.73 Å². The maximum Gasteiger partial charge on any atom is 0.139 e. The van der Waals surface area contributed by atoms with E-state index in [2.05, 4.69) is 15.9 Å². The SMILES string of the molecule is COc1ccc(Br)cc1CC(=O)CC1(N)CCCCC1. The van der Waals surface area contributed by atoms with Gasteiger partial charge in [-0.25, -0.2) is 0 Å². The molecular formula is C16H22BrNO2. The molecule has 1 saturated carbocycles. The van der Waals surface area contributed by atoms with Crippen molar-refractivity contribution in [2.75, 3.05) is 7.11 Å². The van der Waals surface area contributed by atoms with Crippen LogP contribution in [0.4, 0.5) is 0 Å².